The minimum atomic E-state index is -0.0590. The molecule has 0 aliphatic carbocycles. The monoisotopic (exact) mass is 328 g/mol. The van der Waals surface area contributed by atoms with Gasteiger partial charge in [0.25, 0.3) is 0 Å². The Hall–Kier alpha value is -2.00. The summed E-state index contributed by atoms with van der Waals surface area (Å²) in [5.41, 5.74) is 2.05. The molecule has 120 valence electrons. The zero-order chi connectivity index (χ0) is 16.1. The predicted octanol–water partition coefficient (Wildman–Crippen LogP) is 4.83. The number of likely N-dealkylation sites (tertiary alicyclic amines) is 1. The van der Waals surface area contributed by atoms with Gasteiger partial charge in [-0.15, -0.1) is 0 Å². The number of carbonyl (C=O) groups is 1. The van der Waals surface area contributed by atoms with E-state index in [2.05, 4.69) is 29.6 Å². The molecular weight excluding hydrogens is 308 g/mol. The fraction of sp³-hybridized carbons (Fsp3) is 0.316. The topological polar surface area (TPSA) is 32.3 Å². The molecule has 2 amide bonds. The average Bonchev–Trinajstić information content (AvgIpc) is 2.58. The first-order valence-corrected chi connectivity index (χ1v) is 8.44. The summed E-state index contributed by atoms with van der Waals surface area (Å²) < 4.78 is 0. The van der Waals surface area contributed by atoms with Crippen molar-refractivity contribution in [3.05, 3.63) is 65.2 Å². The van der Waals surface area contributed by atoms with Gasteiger partial charge in [-0.25, -0.2) is 4.79 Å². The number of benzene rings is 2. The Balaban J connectivity index is 1.50. The maximum Gasteiger partial charge on any atom is 0.321 e. The maximum atomic E-state index is 12.3. The van der Waals surface area contributed by atoms with Crippen LogP contribution in [-0.4, -0.2) is 24.0 Å². The Morgan fingerprint density at radius 1 is 1.04 bits per heavy atom. The lowest BCUT2D eigenvalue weighted by Gasteiger charge is -2.32. The van der Waals surface area contributed by atoms with Gasteiger partial charge in [0.2, 0.25) is 0 Å². The smallest absolute Gasteiger partial charge is 0.321 e. The molecule has 0 spiro atoms. The number of carbonyl (C=O) groups excluding carboxylic acids is 1. The van der Waals surface area contributed by atoms with Gasteiger partial charge >= 0.3 is 6.03 Å². The van der Waals surface area contributed by atoms with E-state index in [0.717, 1.165) is 32.4 Å². The van der Waals surface area contributed by atoms with Crippen LogP contribution in [0.3, 0.4) is 0 Å². The molecule has 1 N–H and O–H groups in total. The highest BCUT2D eigenvalue weighted by atomic mass is 35.5. The second kappa shape index (κ2) is 7.51. The van der Waals surface area contributed by atoms with E-state index in [4.69, 9.17) is 11.6 Å². The van der Waals surface area contributed by atoms with E-state index in [0.29, 0.717) is 16.6 Å². The standard InChI is InChI=1S/C19H21ClN2O/c20-17-8-4-5-9-18(17)21-19(23)22-12-10-16(11-13-22)14-15-6-2-1-3-7-15/h1-9,16H,10-14H2,(H,21,23). The van der Waals surface area contributed by atoms with Crippen molar-refractivity contribution in [1.82, 2.24) is 4.90 Å². The Bertz CT molecular complexity index is 651. The van der Waals surface area contributed by atoms with Gasteiger partial charge in [-0.2, -0.15) is 0 Å². The van der Waals surface area contributed by atoms with E-state index >= 15 is 0 Å². The number of urea groups is 1. The normalized spacial score (nSPS) is 15.4. The summed E-state index contributed by atoms with van der Waals surface area (Å²) in [6.07, 6.45) is 3.19. The molecule has 3 nitrogen and oxygen atoms in total. The van der Waals surface area contributed by atoms with Crippen molar-refractivity contribution in [3.8, 4) is 0 Å². The molecule has 1 fully saturated rings. The number of piperidine rings is 1. The summed E-state index contributed by atoms with van der Waals surface area (Å²) in [6.45, 7) is 1.60. The van der Waals surface area contributed by atoms with Crippen LogP contribution in [0.4, 0.5) is 10.5 Å². The molecule has 2 aromatic rings. The van der Waals surface area contributed by atoms with E-state index in [9.17, 15) is 4.79 Å². The lowest BCUT2D eigenvalue weighted by Crippen LogP contribution is -2.41. The van der Waals surface area contributed by atoms with E-state index in [1.807, 2.05) is 29.2 Å². The van der Waals surface area contributed by atoms with E-state index < -0.39 is 0 Å². The fourth-order valence-corrected chi connectivity index (χ4v) is 3.23. The second-order valence-corrected chi connectivity index (χ2v) is 6.44. The van der Waals surface area contributed by atoms with Gasteiger partial charge in [0.1, 0.15) is 0 Å². The van der Waals surface area contributed by atoms with Crippen LogP contribution in [0.2, 0.25) is 5.02 Å². The van der Waals surface area contributed by atoms with E-state index in [1.165, 1.54) is 5.56 Å². The van der Waals surface area contributed by atoms with Crippen LogP contribution in [-0.2, 0) is 6.42 Å². The third kappa shape index (κ3) is 4.26. The van der Waals surface area contributed by atoms with Crippen molar-refractivity contribution in [1.29, 1.82) is 0 Å². The molecule has 0 radical (unpaired) electrons. The SMILES string of the molecule is O=C(Nc1ccccc1Cl)N1CCC(Cc2ccccc2)CC1. The molecule has 23 heavy (non-hydrogen) atoms. The number of hydrogen-bond donors (Lipinski definition) is 1. The van der Waals surface area contributed by atoms with Gasteiger partial charge in [0, 0.05) is 13.1 Å². The highest BCUT2D eigenvalue weighted by molar-refractivity contribution is 6.33. The van der Waals surface area contributed by atoms with Crippen LogP contribution in [0.25, 0.3) is 0 Å². The molecule has 0 aromatic heterocycles. The third-order valence-corrected chi connectivity index (χ3v) is 4.71. The van der Waals surface area contributed by atoms with Gasteiger partial charge in [-0.3, -0.25) is 0 Å². The number of hydrogen-bond acceptors (Lipinski definition) is 1. The first-order valence-electron chi connectivity index (χ1n) is 8.07. The summed E-state index contributed by atoms with van der Waals surface area (Å²) in [5.74, 6) is 0.654. The highest BCUT2D eigenvalue weighted by Gasteiger charge is 2.23. The van der Waals surface area contributed by atoms with Gasteiger partial charge in [-0.1, -0.05) is 54.1 Å². The number of para-hydroxylation sites is 1. The fourth-order valence-electron chi connectivity index (χ4n) is 3.04. The Morgan fingerprint density at radius 2 is 1.70 bits per heavy atom. The van der Waals surface area contributed by atoms with Crippen molar-refractivity contribution in [2.45, 2.75) is 19.3 Å². The lowest BCUT2D eigenvalue weighted by atomic mass is 9.90. The number of rotatable bonds is 3. The van der Waals surface area contributed by atoms with Crippen LogP contribution in [0.15, 0.2) is 54.6 Å². The van der Waals surface area contributed by atoms with E-state index in [-0.39, 0.29) is 6.03 Å². The van der Waals surface area contributed by atoms with Crippen molar-refractivity contribution in [2.75, 3.05) is 18.4 Å². The molecule has 1 saturated heterocycles. The van der Waals surface area contributed by atoms with Gasteiger partial charge in [-0.05, 0) is 42.9 Å². The Kier molecular flexibility index (Phi) is 5.19. The molecule has 0 bridgehead atoms. The zero-order valence-corrected chi connectivity index (χ0v) is 13.8. The average molecular weight is 329 g/mol. The molecule has 2 aromatic carbocycles. The molecule has 0 unspecified atom stereocenters. The predicted molar refractivity (Wildman–Crippen MR) is 94.9 cm³/mol. The van der Waals surface area contributed by atoms with Crippen LogP contribution < -0.4 is 5.32 Å². The number of halogens is 1. The van der Waals surface area contributed by atoms with Crippen LogP contribution in [0.1, 0.15) is 18.4 Å². The number of nitrogens with zero attached hydrogens (tertiary/aromatic N) is 1. The summed E-state index contributed by atoms with van der Waals surface area (Å²) in [7, 11) is 0. The van der Waals surface area contributed by atoms with Crippen LogP contribution in [0, 0.1) is 5.92 Å². The summed E-state index contributed by atoms with van der Waals surface area (Å²) in [5, 5.41) is 3.47. The molecule has 1 aliphatic rings. The maximum absolute atomic E-state index is 12.3. The molecule has 0 atom stereocenters. The van der Waals surface area contributed by atoms with Crippen molar-refractivity contribution in [2.24, 2.45) is 5.92 Å². The van der Waals surface area contributed by atoms with Crippen molar-refractivity contribution >= 4 is 23.3 Å². The highest BCUT2D eigenvalue weighted by Crippen LogP contribution is 2.24. The molecule has 4 heteroatoms. The number of amides is 2. The first-order chi connectivity index (χ1) is 11.2. The Labute approximate surface area is 142 Å². The molecule has 3 rings (SSSR count). The second-order valence-electron chi connectivity index (χ2n) is 6.03. The summed E-state index contributed by atoms with van der Waals surface area (Å²) in [6, 6.07) is 17.8. The van der Waals surface area contributed by atoms with Gasteiger partial charge < -0.3 is 10.2 Å². The largest absolute Gasteiger partial charge is 0.325 e. The first kappa shape index (κ1) is 15.9. The van der Waals surface area contributed by atoms with Crippen LogP contribution >= 0.6 is 11.6 Å². The van der Waals surface area contributed by atoms with Crippen molar-refractivity contribution < 1.29 is 4.79 Å². The van der Waals surface area contributed by atoms with Gasteiger partial charge in [0.15, 0.2) is 0 Å². The van der Waals surface area contributed by atoms with Crippen LogP contribution in [0.5, 0.6) is 0 Å². The minimum absolute atomic E-state index is 0.0590. The van der Waals surface area contributed by atoms with E-state index in [1.54, 1.807) is 6.07 Å². The molecule has 1 heterocycles. The zero-order valence-electron chi connectivity index (χ0n) is 13.0. The quantitative estimate of drug-likeness (QED) is 0.860. The minimum Gasteiger partial charge on any atom is -0.325 e. The van der Waals surface area contributed by atoms with Crippen molar-refractivity contribution in [3.63, 3.8) is 0 Å². The molecular formula is C19H21ClN2O. The number of nitrogens with one attached hydrogen (secondary N) is 1. The third-order valence-electron chi connectivity index (χ3n) is 4.38. The van der Waals surface area contributed by atoms with Gasteiger partial charge in [0.05, 0.1) is 10.7 Å². The summed E-state index contributed by atoms with van der Waals surface area (Å²) >= 11 is 6.09. The number of anilines is 1. The summed E-state index contributed by atoms with van der Waals surface area (Å²) in [4.78, 5) is 14.2. The Morgan fingerprint density at radius 3 is 2.39 bits per heavy atom. The molecule has 1 aliphatic heterocycles. The lowest BCUT2D eigenvalue weighted by molar-refractivity contribution is 0.182. The molecule has 0 saturated carbocycles.